The zero-order valence-electron chi connectivity index (χ0n) is 17.2. The molecule has 0 saturated heterocycles. The van der Waals surface area contributed by atoms with Crippen molar-refractivity contribution in [1.29, 1.82) is 0 Å². The molecule has 0 atom stereocenters. The summed E-state index contributed by atoms with van der Waals surface area (Å²) in [6.45, 7) is -0.159. The van der Waals surface area contributed by atoms with Crippen molar-refractivity contribution >= 4 is 49.8 Å². The number of anilines is 3. The zero-order chi connectivity index (χ0) is 23.0. The molecule has 3 aromatic carbocycles. The lowest BCUT2D eigenvalue weighted by molar-refractivity contribution is -0.114. The Bertz CT molecular complexity index is 1480. The average Bonchev–Trinajstić information content (AvgIpc) is 3.08. The van der Waals surface area contributed by atoms with Crippen LogP contribution in [0.4, 0.5) is 17.2 Å². The van der Waals surface area contributed by atoms with Crippen molar-refractivity contribution in [2.45, 2.75) is 4.90 Å². The molecule has 0 bridgehead atoms. The van der Waals surface area contributed by atoms with Crippen LogP contribution in [0, 0.1) is 0 Å². The van der Waals surface area contributed by atoms with E-state index >= 15 is 0 Å². The van der Waals surface area contributed by atoms with Crippen molar-refractivity contribution in [3.05, 3.63) is 90.6 Å². The highest BCUT2D eigenvalue weighted by molar-refractivity contribution is 7.92. The van der Waals surface area contributed by atoms with Crippen LogP contribution in [0.15, 0.2) is 90.0 Å². The Balaban J connectivity index is 1.29. The Morgan fingerprint density at radius 1 is 0.909 bits per heavy atom. The summed E-state index contributed by atoms with van der Waals surface area (Å²) in [6, 6.07) is 21.8. The lowest BCUT2D eigenvalue weighted by Gasteiger charge is -2.17. The molecule has 2 heterocycles. The van der Waals surface area contributed by atoms with Gasteiger partial charge in [0.15, 0.2) is 0 Å². The Morgan fingerprint density at radius 2 is 1.67 bits per heavy atom. The lowest BCUT2D eigenvalue weighted by atomic mass is 10.1. The SMILES string of the molecule is O=C(CN1C(=O)c2cccc3cccc1c23)Nc1ccc(S(=O)(=O)Nc2ccccn2)cc1. The minimum Gasteiger partial charge on any atom is -0.325 e. The number of sulfonamides is 1. The van der Waals surface area contributed by atoms with E-state index in [4.69, 9.17) is 0 Å². The van der Waals surface area contributed by atoms with Crippen LogP contribution in [0.5, 0.6) is 0 Å². The summed E-state index contributed by atoms with van der Waals surface area (Å²) in [4.78, 5) is 30.9. The molecule has 0 unspecified atom stereocenters. The predicted molar refractivity (Wildman–Crippen MR) is 126 cm³/mol. The molecule has 0 fully saturated rings. The molecule has 0 saturated carbocycles. The van der Waals surface area contributed by atoms with E-state index in [2.05, 4.69) is 15.0 Å². The first-order valence-corrected chi connectivity index (χ1v) is 11.6. The molecule has 164 valence electrons. The third-order valence-electron chi connectivity index (χ3n) is 5.30. The first-order valence-electron chi connectivity index (χ1n) is 10.1. The summed E-state index contributed by atoms with van der Waals surface area (Å²) in [6.07, 6.45) is 1.49. The van der Waals surface area contributed by atoms with E-state index in [0.29, 0.717) is 16.9 Å². The Labute approximate surface area is 189 Å². The highest BCUT2D eigenvalue weighted by Crippen LogP contribution is 2.36. The van der Waals surface area contributed by atoms with Gasteiger partial charge in [-0.1, -0.05) is 30.3 Å². The summed E-state index contributed by atoms with van der Waals surface area (Å²) in [5.41, 5.74) is 1.69. The number of nitrogens with one attached hydrogen (secondary N) is 2. The van der Waals surface area contributed by atoms with E-state index in [9.17, 15) is 18.0 Å². The minimum atomic E-state index is -3.82. The maximum atomic E-state index is 12.8. The molecule has 2 amide bonds. The van der Waals surface area contributed by atoms with Gasteiger partial charge in [-0.05, 0) is 53.9 Å². The lowest BCUT2D eigenvalue weighted by Crippen LogP contribution is -2.35. The number of carbonyl (C=O) groups excluding carboxylic acids is 2. The molecule has 1 aliphatic heterocycles. The second-order valence-electron chi connectivity index (χ2n) is 7.47. The molecule has 1 aliphatic rings. The second-order valence-corrected chi connectivity index (χ2v) is 9.15. The van der Waals surface area contributed by atoms with E-state index < -0.39 is 15.9 Å². The molecule has 0 spiro atoms. The van der Waals surface area contributed by atoms with Crippen molar-refractivity contribution < 1.29 is 18.0 Å². The minimum absolute atomic E-state index is 0.0306. The summed E-state index contributed by atoms with van der Waals surface area (Å²) >= 11 is 0. The summed E-state index contributed by atoms with van der Waals surface area (Å²) < 4.78 is 27.4. The molecule has 0 radical (unpaired) electrons. The highest BCUT2D eigenvalue weighted by atomic mass is 32.2. The first kappa shape index (κ1) is 20.7. The normalized spacial score (nSPS) is 12.7. The number of aromatic nitrogens is 1. The van der Waals surface area contributed by atoms with E-state index in [0.717, 1.165) is 10.8 Å². The average molecular weight is 458 g/mol. The smallest absolute Gasteiger partial charge is 0.263 e. The van der Waals surface area contributed by atoms with Crippen LogP contribution < -0.4 is 14.9 Å². The van der Waals surface area contributed by atoms with Crippen LogP contribution in [0.1, 0.15) is 10.4 Å². The molecular formula is C24H18N4O4S. The highest BCUT2D eigenvalue weighted by Gasteiger charge is 2.30. The maximum absolute atomic E-state index is 12.8. The Morgan fingerprint density at radius 3 is 2.39 bits per heavy atom. The molecule has 8 nitrogen and oxygen atoms in total. The van der Waals surface area contributed by atoms with Crippen LogP contribution in [-0.4, -0.2) is 31.8 Å². The van der Waals surface area contributed by atoms with E-state index in [-0.39, 0.29) is 23.2 Å². The van der Waals surface area contributed by atoms with Crippen molar-refractivity contribution in [3.63, 3.8) is 0 Å². The van der Waals surface area contributed by atoms with Crippen molar-refractivity contribution in [1.82, 2.24) is 4.98 Å². The van der Waals surface area contributed by atoms with Gasteiger partial charge in [-0.25, -0.2) is 13.4 Å². The van der Waals surface area contributed by atoms with Crippen LogP contribution in [-0.2, 0) is 14.8 Å². The van der Waals surface area contributed by atoms with Crippen LogP contribution in [0.2, 0.25) is 0 Å². The van der Waals surface area contributed by atoms with Gasteiger partial charge in [-0.2, -0.15) is 0 Å². The van der Waals surface area contributed by atoms with Crippen molar-refractivity contribution in [2.75, 3.05) is 21.5 Å². The number of nitrogens with zero attached hydrogens (tertiary/aromatic N) is 2. The molecule has 4 aromatic rings. The number of hydrogen-bond donors (Lipinski definition) is 2. The predicted octanol–water partition coefficient (Wildman–Crippen LogP) is 3.63. The Hall–Kier alpha value is -4.24. The topological polar surface area (TPSA) is 108 Å². The van der Waals surface area contributed by atoms with Gasteiger partial charge in [0.1, 0.15) is 12.4 Å². The fraction of sp³-hybridized carbons (Fsp3) is 0.0417. The fourth-order valence-corrected chi connectivity index (χ4v) is 4.83. The molecule has 5 rings (SSSR count). The first-order chi connectivity index (χ1) is 15.9. The largest absolute Gasteiger partial charge is 0.325 e. The molecule has 0 aliphatic carbocycles. The number of rotatable bonds is 6. The van der Waals surface area contributed by atoms with Gasteiger partial charge in [0.05, 0.1) is 10.6 Å². The Kier molecular flexibility index (Phi) is 5.02. The van der Waals surface area contributed by atoms with Gasteiger partial charge >= 0.3 is 0 Å². The molecule has 2 N–H and O–H groups in total. The third-order valence-corrected chi connectivity index (χ3v) is 6.67. The number of benzene rings is 3. The molecular weight excluding hydrogens is 440 g/mol. The third kappa shape index (κ3) is 3.90. The monoisotopic (exact) mass is 458 g/mol. The van der Waals surface area contributed by atoms with Crippen molar-refractivity contribution in [3.8, 4) is 0 Å². The van der Waals surface area contributed by atoms with Gasteiger partial charge in [0, 0.05) is 22.8 Å². The van der Waals surface area contributed by atoms with Crippen molar-refractivity contribution in [2.24, 2.45) is 0 Å². The van der Waals surface area contributed by atoms with Gasteiger partial charge in [-0.15, -0.1) is 0 Å². The van der Waals surface area contributed by atoms with E-state index in [1.54, 1.807) is 24.3 Å². The number of amides is 2. The number of carbonyl (C=O) groups is 2. The van der Waals surface area contributed by atoms with Gasteiger partial charge in [-0.3, -0.25) is 19.2 Å². The van der Waals surface area contributed by atoms with E-state index in [1.165, 1.54) is 35.4 Å². The fourth-order valence-electron chi connectivity index (χ4n) is 3.82. The quantitative estimate of drug-likeness (QED) is 0.459. The standard InChI is InChI=1S/C24H18N4O4S/c29-22(15-28-20-8-4-6-16-5-3-7-19(23(16)20)24(28)30)26-17-10-12-18(13-11-17)33(31,32)27-21-9-1-2-14-25-21/h1-14H,15H2,(H,25,27)(H,26,29). The number of hydrogen-bond acceptors (Lipinski definition) is 5. The maximum Gasteiger partial charge on any atom is 0.263 e. The summed E-state index contributed by atoms with van der Waals surface area (Å²) in [5, 5.41) is 4.50. The summed E-state index contributed by atoms with van der Waals surface area (Å²) in [7, 11) is -3.82. The van der Waals surface area contributed by atoms with E-state index in [1.807, 2.05) is 30.3 Å². The van der Waals surface area contributed by atoms with Gasteiger partial charge in [0.25, 0.3) is 15.9 Å². The number of pyridine rings is 1. The zero-order valence-corrected chi connectivity index (χ0v) is 18.0. The van der Waals surface area contributed by atoms with Crippen LogP contribution in [0.25, 0.3) is 10.8 Å². The van der Waals surface area contributed by atoms with Crippen LogP contribution >= 0.6 is 0 Å². The molecule has 9 heteroatoms. The van der Waals surface area contributed by atoms with Gasteiger partial charge < -0.3 is 5.32 Å². The second kappa shape index (κ2) is 8.03. The molecule has 1 aromatic heterocycles. The van der Waals surface area contributed by atoms with Gasteiger partial charge in [0.2, 0.25) is 5.91 Å². The summed E-state index contributed by atoms with van der Waals surface area (Å²) in [5.74, 6) is -0.407. The molecule has 33 heavy (non-hydrogen) atoms. The van der Waals surface area contributed by atoms with Crippen LogP contribution in [0.3, 0.4) is 0 Å².